The summed E-state index contributed by atoms with van der Waals surface area (Å²) in [5, 5.41) is 10.7. The van der Waals surface area contributed by atoms with Crippen molar-refractivity contribution in [3.8, 4) is 0 Å². The Hall–Kier alpha value is -2.26. The highest BCUT2D eigenvalue weighted by Gasteiger charge is 2.38. The first kappa shape index (κ1) is 15.3. The van der Waals surface area contributed by atoms with Crippen LogP contribution >= 0.6 is 0 Å². The molecular weight excluding hydrogens is 300 g/mol. The number of hydrogen-bond acceptors (Lipinski definition) is 3. The summed E-state index contributed by atoms with van der Waals surface area (Å²) in [5.74, 6) is -0.270. The van der Waals surface area contributed by atoms with Gasteiger partial charge in [-0.3, -0.25) is 9.59 Å². The lowest BCUT2D eigenvalue weighted by Gasteiger charge is -2.31. The molecule has 2 aliphatic carbocycles. The van der Waals surface area contributed by atoms with E-state index in [4.69, 9.17) is 0 Å². The van der Waals surface area contributed by atoms with Gasteiger partial charge in [0.05, 0.1) is 0 Å². The molecule has 0 atom stereocenters. The molecule has 0 heterocycles. The molecule has 1 fully saturated rings. The molecule has 0 radical (unpaired) electrons. The summed E-state index contributed by atoms with van der Waals surface area (Å²) in [5.41, 5.74) is 2.48. The SMILES string of the molecule is O=C1c2ccccc2Cc2ccc(C(=O)C3(O)CCCCC3)cc21. The van der Waals surface area contributed by atoms with Crippen molar-refractivity contribution in [3.63, 3.8) is 0 Å². The predicted octanol–water partition coefficient (Wildman–Crippen LogP) is 3.70. The third-order valence-electron chi connectivity index (χ3n) is 5.36. The molecule has 2 aromatic carbocycles. The Balaban J connectivity index is 1.71. The molecule has 0 spiro atoms. The van der Waals surface area contributed by atoms with Crippen molar-refractivity contribution < 1.29 is 14.7 Å². The van der Waals surface area contributed by atoms with Crippen LogP contribution in [0.1, 0.15) is 69.5 Å². The van der Waals surface area contributed by atoms with Gasteiger partial charge in [0.2, 0.25) is 0 Å². The van der Waals surface area contributed by atoms with Gasteiger partial charge in [0.1, 0.15) is 5.60 Å². The van der Waals surface area contributed by atoms with Gasteiger partial charge in [-0.15, -0.1) is 0 Å². The van der Waals surface area contributed by atoms with Crippen LogP contribution < -0.4 is 0 Å². The minimum absolute atomic E-state index is 0.0304. The molecule has 2 aliphatic rings. The number of benzene rings is 2. The van der Waals surface area contributed by atoms with Gasteiger partial charge in [0, 0.05) is 16.7 Å². The Morgan fingerprint density at radius 2 is 1.62 bits per heavy atom. The minimum atomic E-state index is -1.26. The monoisotopic (exact) mass is 320 g/mol. The van der Waals surface area contributed by atoms with Crippen LogP contribution in [0.15, 0.2) is 42.5 Å². The largest absolute Gasteiger partial charge is 0.382 e. The first-order chi connectivity index (χ1) is 11.6. The van der Waals surface area contributed by atoms with Gasteiger partial charge in [0.15, 0.2) is 11.6 Å². The van der Waals surface area contributed by atoms with Gasteiger partial charge in [-0.2, -0.15) is 0 Å². The highest BCUT2D eigenvalue weighted by atomic mass is 16.3. The average Bonchev–Trinajstić information content (AvgIpc) is 2.62. The van der Waals surface area contributed by atoms with Gasteiger partial charge in [0.25, 0.3) is 0 Å². The molecule has 0 aromatic heterocycles. The van der Waals surface area contributed by atoms with Crippen molar-refractivity contribution in [2.45, 2.75) is 44.1 Å². The zero-order valence-electron chi connectivity index (χ0n) is 13.5. The van der Waals surface area contributed by atoms with E-state index in [-0.39, 0.29) is 11.6 Å². The molecule has 1 saturated carbocycles. The summed E-state index contributed by atoms with van der Waals surface area (Å²) in [7, 11) is 0. The molecule has 3 nitrogen and oxygen atoms in total. The van der Waals surface area contributed by atoms with Crippen molar-refractivity contribution in [1.82, 2.24) is 0 Å². The highest BCUT2D eigenvalue weighted by molar-refractivity contribution is 6.14. The number of ketones is 2. The second-order valence-electron chi connectivity index (χ2n) is 6.96. The Kier molecular flexibility index (Phi) is 3.61. The molecule has 24 heavy (non-hydrogen) atoms. The quantitative estimate of drug-likeness (QED) is 0.733. The molecule has 3 heteroatoms. The summed E-state index contributed by atoms with van der Waals surface area (Å²) in [6.07, 6.45) is 4.55. The molecule has 0 bridgehead atoms. The molecule has 122 valence electrons. The predicted molar refractivity (Wildman–Crippen MR) is 91.5 cm³/mol. The van der Waals surface area contributed by atoms with Crippen LogP contribution in [0.25, 0.3) is 0 Å². The van der Waals surface area contributed by atoms with E-state index in [0.717, 1.165) is 30.4 Å². The fraction of sp³-hybridized carbons (Fsp3) is 0.333. The highest BCUT2D eigenvalue weighted by Crippen LogP contribution is 2.33. The average molecular weight is 320 g/mol. The second-order valence-corrected chi connectivity index (χ2v) is 6.96. The molecular formula is C21H20O3. The summed E-state index contributed by atoms with van der Waals surface area (Å²) in [6, 6.07) is 12.9. The zero-order chi connectivity index (χ0) is 16.7. The van der Waals surface area contributed by atoms with E-state index in [1.165, 1.54) is 0 Å². The topological polar surface area (TPSA) is 54.4 Å². The maximum atomic E-state index is 12.8. The number of fused-ring (bicyclic) bond motifs is 2. The number of carbonyl (C=O) groups is 2. The van der Waals surface area contributed by atoms with Gasteiger partial charge >= 0.3 is 0 Å². The molecule has 0 aliphatic heterocycles. The number of aliphatic hydroxyl groups is 1. The Bertz CT molecular complexity index is 829. The van der Waals surface area contributed by atoms with E-state index in [1.54, 1.807) is 12.1 Å². The number of rotatable bonds is 2. The summed E-state index contributed by atoms with van der Waals surface area (Å²) in [6.45, 7) is 0. The van der Waals surface area contributed by atoms with E-state index < -0.39 is 5.60 Å². The van der Waals surface area contributed by atoms with Crippen molar-refractivity contribution in [1.29, 1.82) is 0 Å². The number of Topliss-reactive ketones (excluding diaryl/α,β-unsaturated/α-hetero) is 1. The van der Waals surface area contributed by atoms with E-state index >= 15 is 0 Å². The number of carbonyl (C=O) groups excluding carboxylic acids is 2. The molecule has 0 unspecified atom stereocenters. The van der Waals surface area contributed by atoms with E-state index in [0.29, 0.717) is 36.0 Å². The maximum Gasteiger partial charge on any atom is 0.194 e. The normalized spacial score (nSPS) is 18.6. The van der Waals surface area contributed by atoms with Crippen LogP contribution in [0.3, 0.4) is 0 Å². The van der Waals surface area contributed by atoms with Gasteiger partial charge in [-0.05, 0) is 36.5 Å². The first-order valence-corrected chi connectivity index (χ1v) is 8.61. The first-order valence-electron chi connectivity index (χ1n) is 8.61. The van der Waals surface area contributed by atoms with Crippen molar-refractivity contribution in [3.05, 3.63) is 70.3 Å². The lowest BCUT2D eigenvalue weighted by molar-refractivity contribution is 0.0116. The summed E-state index contributed by atoms with van der Waals surface area (Å²) >= 11 is 0. The lowest BCUT2D eigenvalue weighted by atomic mass is 9.78. The molecule has 4 rings (SSSR count). The van der Waals surface area contributed by atoms with E-state index in [9.17, 15) is 14.7 Å². The Morgan fingerprint density at radius 1 is 0.917 bits per heavy atom. The summed E-state index contributed by atoms with van der Waals surface area (Å²) in [4.78, 5) is 25.6. The fourth-order valence-electron chi connectivity index (χ4n) is 3.96. The van der Waals surface area contributed by atoms with Crippen LogP contribution in [-0.4, -0.2) is 22.3 Å². The third kappa shape index (κ3) is 2.40. The standard InChI is InChI=1S/C21H20O3/c22-19-17-7-3-2-6-14(17)12-15-8-9-16(13-18(15)19)20(23)21(24)10-4-1-5-11-21/h2-3,6-9,13,24H,1,4-5,10-12H2. The number of hydrogen-bond donors (Lipinski definition) is 1. The van der Waals surface area contributed by atoms with Crippen LogP contribution in [0.5, 0.6) is 0 Å². The summed E-state index contributed by atoms with van der Waals surface area (Å²) < 4.78 is 0. The van der Waals surface area contributed by atoms with Crippen LogP contribution in [0, 0.1) is 0 Å². The minimum Gasteiger partial charge on any atom is -0.382 e. The molecule has 0 saturated heterocycles. The van der Waals surface area contributed by atoms with Crippen molar-refractivity contribution in [2.24, 2.45) is 0 Å². The van der Waals surface area contributed by atoms with Gasteiger partial charge in [-0.25, -0.2) is 0 Å². The Labute approximate surface area is 141 Å². The molecule has 1 N–H and O–H groups in total. The maximum absolute atomic E-state index is 12.8. The Morgan fingerprint density at radius 3 is 2.42 bits per heavy atom. The molecule has 0 amide bonds. The van der Waals surface area contributed by atoms with Crippen LogP contribution in [0.4, 0.5) is 0 Å². The van der Waals surface area contributed by atoms with Crippen LogP contribution in [0.2, 0.25) is 0 Å². The van der Waals surface area contributed by atoms with Crippen LogP contribution in [-0.2, 0) is 6.42 Å². The van der Waals surface area contributed by atoms with Gasteiger partial charge < -0.3 is 5.11 Å². The van der Waals surface area contributed by atoms with Crippen molar-refractivity contribution >= 4 is 11.6 Å². The van der Waals surface area contributed by atoms with E-state index in [2.05, 4.69) is 0 Å². The van der Waals surface area contributed by atoms with E-state index in [1.807, 2.05) is 30.3 Å². The van der Waals surface area contributed by atoms with Gasteiger partial charge in [-0.1, -0.05) is 55.7 Å². The smallest absolute Gasteiger partial charge is 0.194 e. The lowest BCUT2D eigenvalue weighted by Crippen LogP contribution is -2.40. The second kappa shape index (κ2) is 5.67. The zero-order valence-corrected chi connectivity index (χ0v) is 13.5. The van der Waals surface area contributed by atoms with Crippen molar-refractivity contribution in [2.75, 3.05) is 0 Å². The fourth-order valence-corrected chi connectivity index (χ4v) is 3.96. The molecule has 2 aromatic rings. The third-order valence-corrected chi connectivity index (χ3v) is 5.36.